The number of hydrogen-bond donors (Lipinski definition) is 0. The normalized spacial score (nSPS) is 10.6. The van der Waals surface area contributed by atoms with Crippen molar-refractivity contribution in [2.45, 2.75) is 33.2 Å². The van der Waals surface area contributed by atoms with E-state index >= 15 is 0 Å². The van der Waals surface area contributed by atoms with Gasteiger partial charge in [-0.1, -0.05) is 24.6 Å². The molecule has 1 aromatic carbocycles. The lowest BCUT2D eigenvalue weighted by Gasteiger charge is -2.10. The fraction of sp³-hybridized carbons (Fsp3) is 0.462. The summed E-state index contributed by atoms with van der Waals surface area (Å²) in [5, 5.41) is 11.8. The number of benzene rings is 1. The molecule has 0 aliphatic carbocycles. The van der Waals surface area contributed by atoms with Crippen LogP contribution in [0.15, 0.2) is 18.2 Å². The number of aromatic nitrogens is 4. The van der Waals surface area contributed by atoms with Crippen LogP contribution in [0.4, 0.5) is 0 Å². The van der Waals surface area contributed by atoms with Gasteiger partial charge < -0.3 is 4.74 Å². The number of methoxy groups -OCH3 is 1. The molecule has 0 spiro atoms. The molecule has 18 heavy (non-hydrogen) atoms. The molecule has 0 aliphatic rings. The minimum atomic E-state index is 0.646. The molecule has 0 fully saturated rings. The van der Waals surface area contributed by atoms with E-state index < -0.39 is 0 Å². The number of aryl methyl sites for hydroxylation is 2. The maximum absolute atomic E-state index is 5.37. The van der Waals surface area contributed by atoms with Crippen LogP contribution in [0.2, 0.25) is 0 Å². The maximum atomic E-state index is 5.37. The Labute approximate surface area is 107 Å². The molecule has 2 rings (SSSR count). The van der Waals surface area contributed by atoms with Crippen molar-refractivity contribution in [3.8, 4) is 5.75 Å². The highest BCUT2D eigenvalue weighted by Gasteiger charge is 2.09. The highest BCUT2D eigenvalue weighted by molar-refractivity contribution is 5.36. The van der Waals surface area contributed by atoms with Crippen LogP contribution in [-0.2, 0) is 13.0 Å². The first-order chi connectivity index (χ1) is 8.74. The summed E-state index contributed by atoms with van der Waals surface area (Å²) in [5.41, 5.74) is 2.30. The van der Waals surface area contributed by atoms with E-state index in [2.05, 4.69) is 35.4 Å². The molecule has 0 saturated carbocycles. The third kappa shape index (κ3) is 2.67. The Morgan fingerprint density at radius 2 is 2.17 bits per heavy atom. The van der Waals surface area contributed by atoms with Crippen molar-refractivity contribution in [3.05, 3.63) is 35.2 Å². The predicted octanol–water partition coefficient (Wildman–Crippen LogP) is 1.99. The lowest BCUT2D eigenvalue weighted by atomic mass is 10.1. The van der Waals surface area contributed by atoms with Crippen LogP contribution in [-0.4, -0.2) is 27.3 Å². The van der Waals surface area contributed by atoms with Crippen LogP contribution in [0.3, 0.4) is 0 Å². The highest BCUT2D eigenvalue weighted by atomic mass is 16.5. The van der Waals surface area contributed by atoms with Crippen molar-refractivity contribution in [2.75, 3.05) is 7.11 Å². The molecule has 0 radical (unpaired) electrons. The Hall–Kier alpha value is -1.91. The summed E-state index contributed by atoms with van der Waals surface area (Å²) in [6, 6.07) is 6.12. The summed E-state index contributed by atoms with van der Waals surface area (Å²) in [4.78, 5) is 0. The molecule has 0 amide bonds. The van der Waals surface area contributed by atoms with E-state index in [4.69, 9.17) is 4.74 Å². The third-order valence-electron chi connectivity index (χ3n) is 2.84. The predicted molar refractivity (Wildman–Crippen MR) is 68.6 cm³/mol. The van der Waals surface area contributed by atoms with Crippen LogP contribution in [0, 0.1) is 6.92 Å². The van der Waals surface area contributed by atoms with Gasteiger partial charge in [-0.05, 0) is 29.8 Å². The number of hydrogen-bond acceptors (Lipinski definition) is 4. The van der Waals surface area contributed by atoms with Gasteiger partial charge in [0.25, 0.3) is 0 Å². The van der Waals surface area contributed by atoms with E-state index in [1.165, 1.54) is 5.56 Å². The van der Waals surface area contributed by atoms with Gasteiger partial charge in [-0.3, -0.25) is 0 Å². The van der Waals surface area contributed by atoms with E-state index in [0.29, 0.717) is 6.54 Å². The van der Waals surface area contributed by atoms with Crippen LogP contribution in [0.5, 0.6) is 5.75 Å². The molecule has 0 saturated heterocycles. The number of nitrogens with zero attached hydrogens (tertiary/aromatic N) is 4. The van der Waals surface area contributed by atoms with Gasteiger partial charge in [-0.25, -0.2) is 4.68 Å². The van der Waals surface area contributed by atoms with E-state index in [1.54, 1.807) is 7.11 Å². The summed E-state index contributed by atoms with van der Waals surface area (Å²) >= 11 is 0. The first kappa shape index (κ1) is 12.5. The van der Waals surface area contributed by atoms with Gasteiger partial charge in [-0.2, -0.15) is 0 Å². The second-order valence-electron chi connectivity index (χ2n) is 4.32. The van der Waals surface area contributed by atoms with Gasteiger partial charge >= 0.3 is 0 Å². The summed E-state index contributed by atoms with van der Waals surface area (Å²) < 4.78 is 7.20. The second-order valence-corrected chi connectivity index (χ2v) is 4.32. The first-order valence-electron chi connectivity index (χ1n) is 6.13. The fourth-order valence-electron chi connectivity index (χ4n) is 1.94. The topological polar surface area (TPSA) is 52.8 Å². The van der Waals surface area contributed by atoms with Crippen molar-refractivity contribution in [1.29, 1.82) is 0 Å². The zero-order chi connectivity index (χ0) is 13.0. The van der Waals surface area contributed by atoms with E-state index in [1.807, 2.05) is 16.8 Å². The third-order valence-corrected chi connectivity index (χ3v) is 2.84. The molecule has 1 aromatic heterocycles. The van der Waals surface area contributed by atoms with E-state index in [-0.39, 0.29) is 0 Å². The van der Waals surface area contributed by atoms with Crippen molar-refractivity contribution in [1.82, 2.24) is 20.2 Å². The number of tetrazole rings is 1. The van der Waals surface area contributed by atoms with Gasteiger partial charge in [-0.15, -0.1) is 5.10 Å². The van der Waals surface area contributed by atoms with Gasteiger partial charge in [0.2, 0.25) is 0 Å². The van der Waals surface area contributed by atoms with Gasteiger partial charge in [0.15, 0.2) is 5.82 Å². The smallest absolute Gasteiger partial charge is 0.151 e. The van der Waals surface area contributed by atoms with Gasteiger partial charge in [0.1, 0.15) is 5.75 Å². The standard InChI is InChI=1S/C13H18N4O/c1-4-5-13-14-15-16-17(13)9-11-8-10(2)6-7-12(11)18-3/h6-8H,4-5,9H2,1-3H3. The fourth-order valence-corrected chi connectivity index (χ4v) is 1.94. The van der Waals surface area contributed by atoms with Crippen molar-refractivity contribution >= 4 is 0 Å². The summed E-state index contributed by atoms with van der Waals surface area (Å²) in [6.07, 6.45) is 1.92. The Kier molecular flexibility index (Phi) is 3.92. The van der Waals surface area contributed by atoms with Crippen molar-refractivity contribution < 1.29 is 4.74 Å². The Morgan fingerprint density at radius 3 is 2.89 bits per heavy atom. The molecule has 0 atom stereocenters. The lowest BCUT2D eigenvalue weighted by molar-refractivity contribution is 0.406. The van der Waals surface area contributed by atoms with Crippen LogP contribution in [0.25, 0.3) is 0 Å². The SMILES string of the molecule is CCCc1nnnn1Cc1cc(C)ccc1OC. The van der Waals surface area contributed by atoms with Crippen LogP contribution in [0.1, 0.15) is 30.3 Å². The Bertz CT molecular complexity index is 521. The minimum Gasteiger partial charge on any atom is -0.496 e. The molecule has 5 heteroatoms. The largest absolute Gasteiger partial charge is 0.496 e. The summed E-state index contributed by atoms with van der Waals surface area (Å²) in [7, 11) is 1.68. The van der Waals surface area contributed by atoms with Crippen molar-refractivity contribution in [2.24, 2.45) is 0 Å². The first-order valence-corrected chi connectivity index (χ1v) is 6.13. The Morgan fingerprint density at radius 1 is 1.33 bits per heavy atom. The van der Waals surface area contributed by atoms with Crippen LogP contribution >= 0.6 is 0 Å². The Balaban J connectivity index is 2.27. The molecule has 0 bridgehead atoms. The molecule has 1 heterocycles. The van der Waals surface area contributed by atoms with E-state index in [0.717, 1.165) is 30.0 Å². The lowest BCUT2D eigenvalue weighted by Crippen LogP contribution is -2.08. The zero-order valence-electron chi connectivity index (χ0n) is 11.1. The molecule has 0 unspecified atom stereocenters. The average molecular weight is 246 g/mol. The van der Waals surface area contributed by atoms with Crippen molar-refractivity contribution in [3.63, 3.8) is 0 Å². The number of rotatable bonds is 5. The molecule has 2 aromatic rings. The molecule has 5 nitrogen and oxygen atoms in total. The quantitative estimate of drug-likeness (QED) is 0.809. The van der Waals surface area contributed by atoms with Gasteiger partial charge in [0.05, 0.1) is 13.7 Å². The van der Waals surface area contributed by atoms with Gasteiger partial charge in [0, 0.05) is 12.0 Å². The van der Waals surface area contributed by atoms with E-state index in [9.17, 15) is 0 Å². The second kappa shape index (κ2) is 5.62. The maximum Gasteiger partial charge on any atom is 0.151 e. The number of ether oxygens (including phenoxy) is 1. The molecular weight excluding hydrogens is 228 g/mol. The zero-order valence-corrected chi connectivity index (χ0v) is 11.1. The molecule has 0 aliphatic heterocycles. The monoisotopic (exact) mass is 246 g/mol. The highest BCUT2D eigenvalue weighted by Crippen LogP contribution is 2.20. The minimum absolute atomic E-state index is 0.646. The molecule has 0 N–H and O–H groups in total. The molecule has 96 valence electrons. The summed E-state index contributed by atoms with van der Waals surface area (Å²) in [6.45, 7) is 4.83. The van der Waals surface area contributed by atoms with Crippen LogP contribution < -0.4 is 4.74 Å². The molecular formula is C13H18N4O. The summed E-state index contributed by atoms with van der Waals surface area (Å²) in [5.74, 6) is 1.79. The average Bonchev–Trinajstić information content (AvgIpc) is 2.78.